The molecule has 0 aliphatic rings. The Balaban J connectivity index is 4.27. The van der Waals surface area contributed by atoms with Gasteiger partial charge >= 0.3 is 17.9 Å². The second-order valence-corrected chi connectivity index (χ2v) is 22.9. The maximum atomic E-state index is 12.9. The molecule has 0 saturated carbocycles. The molecule has 0 heterocycles. The molecule has 0 spiro atoms. The van der Waals surface area contributed by atoms with Gasteiger partial charge < -0.3 is 14.2 Å². The van der Waals surface area contributed by atoms with E-state index in [9.17, 15) is 14.4 Å². The number of hydrogen-bond donors (Lipinski definition) is 0. The maximum absolute atomic E-state index is 12.9. The fourth-order valence-electron chi connectivity index (χ4n) is 10.2. The molecule has 6 nitrogen and oxygen atoms in total. The Labute approximate surface area is 444 Å². The molecule has 0 radical (unpaired) electrons. The monoisotopic (exact) mass is 1000 g/mol. The second-order valence-electron chi connectivity index (χ2n) is 22.9. The largest absolute Gasteiger partial charge is 0.462 e. The van der Waals surface area contributed by atoms with Crippen molar-refractivity contribution in [2.45, 2.75) is 381 Å². The van der Waals surface area contributed by atoms with Gasteiger partial charge in [0, 0.05) is 19.3 Å². The molecule has 0 rings (SSSR count). The van der Waals surface area contributed by atoms with Crippen LogP contribution in [0.2, 0.25) is 0 Å². The summed E-state index contributed by atoms with van der Waals surface area (Å²) in [7, 11) is 0. The summed E-state index contributed by atoms with van der Waals surface area (Å²) >= 11 is 0. The maximum Gasteiger partial charge on any atom is 0.306 e. The number of esters is 3. The predicted molar refractivity (Wildman–Crippen MR) is 307 cm³/mol. The van der Waals surface area contributed by atoms with Crippen molar-refractivity contribution in [2.75, 3.05) is 13.2 Å². The molecule has 0 saturated heterocycles. The third-order valence-electron chi connectivity index (χ3n) is 15.0. The van der Waals surface area contributed by atoms with E-state index in [0.717, 1.165) is 63.7 Å². The third-order valence-corrected chi connectivity index (χ3v) is 15.0. The van der Waals surface area contributed by atoms with Crippen molar-refractivity contribution in [1.29, 1.82) is 0 Å². The fraction of sp³-hybridized carbons (Fsp3) is 0.954. The van der Waals surface area contributed by atoms with Crippen molar-refractivity contribution in [2.24, 2.45) is 5.92 Å². The van der Waals surface area contributed by atoms with E-state index >= 15 is 0 Å². The van der Waals surface area contributed by atoms with Gasteiger partial charge in [-0.3, -0.25) is 14.4 Å². The Kier molecular flexibility index (Phi) is 58.0. The lowest BCUT2D eigenvalue weighted by molar-refractivity contribution is -0.167. The molecule has 0 aromatic carbocycles. The summed E-state index contributed by atoms with van der Waals surface area (Å²) in [6, 6.07) is 0. The molecular formula is C65H126O6. The molecular weight excluding hydrogens is 877 g/mol. The highest BCUT2D eigenvalue weighted by atomic mass is 16.6. The Bertz CT molecular complexity index is 1070. The van der Waals surface area contributed by atoms with E-state index in [0.29, 0.717) is 19.3 Å². The summed E-state index contributed by atoms with van der Waals surface area (Å²) in [5.74, 6) is 0.0270. The van der Waals surface area contributed by atoms with Gasteiger partial charge in [0.2, 0.25) is 0 Å². The van der Waals surface area contributed by atoms with Crippen LogP contribution in [0.5, 0.6) is 0 Å². The van der Waals surface area contributed by atoms with Crippen molar-refractivity contribution in [3.63, 3.8) is 0 Å². The number of ether oxygens (including phenoxy) is 3. The van der Waals surface area contributed by atoms with Gasteiger partial charge in [-0.2, -0.15) is 0 Å². The minimum atomic E-state index is -0.763. The zero-order valence-corrected chi connectivity index (χ0v) is 48.7. The minimum Gasteiger partial charge on any atom is -0.462 e. The average molecular weight is 1000 g/mol. The molecule has 0 aliphatic heterocycles. The summed E-state index contributed by atoms with van der Waals surface area (Å²) < 4.78 is 17.0. The lowest BCUT2D eigenvalue weighted by atomic mass is 10.0. The van der Waals surface area contributed by atoms with Gasteiger partial charge in [-0.25, -0.2) is 0 Å². The second kappa shape index (κ2) is 59.3. The molecule has 422 valence electrons. The summed E-state index contributed by atoms with van der Waals surface area (Å²) in [5.41, 5.74) is 0. The van der Waals surface area contributed by atoms with Crippen molar-refractivity contribution in [3.8, 4) is 0 Å². The summed E-state index contributed by atoms with van der Waals surface area (Å²) in [6.45, 7) is 9.10. The first-order valence-corrected chi connectivity index (χ1v) is 32.4. The van der Waals surface area contributed by atoms with E-state index in [1.807, 2.05) is 0 Å². The van der Waals surface area contributed by atoms with Gasteiger partial charge in [0.1, 0.15) is 13.2 Å². The Hall–Kier alpha value is -1.59. The van der Waals surface area contributed by atoms with Crippen LogP contribution in [-0.4, -0.2) is 37.2 Å². The van der Waals surface area contributed by atoms with Crippen molar-refractivity contribution < 1.29 is 28.6 Å². The Morgan fingerprint density at radius 3 is 0.690 bits per heavy atom. The first-order valence-electron chi connectivity index (χ1n) is 32.4. The van der Waals surface area contributed by atoms with Crippen molar-refractivity contribution in [1.82, 2.24) is 0 Å². The van der Waals surface area contributed by atoms with E-state index in [-0.39, 0.29) is 31.1 Å². The topological polar surface area (TPSA) is 78.9 Å². The van der Waals surface area contributed by atoms with E-state index in [1.54, 1.807) is 0 Å². The van der Waals surface area contributed by atoms with E-state index in [2.05, 4.69) is 27.7 Å². The van der Waals surface area contributed by atoms with Crippen molar-refractivity contribution in [3.05, 3.63) is 0 Å². The highest BCUT2D eigenvalue weighted by Gasteiger charge is 2.19. The predicted octanol–water partition coefficient (Wildman–Crippen LogP) is 21.7. The average Bonchev–Trinajstić information content (AvgIpc) is 3.36. The number of rotatable bonds is 60. The van der Waals surface area contributed by atoms with Gasteiger partial charge in [0.15, 0.2) is 6.10 Å². The Morgan fingerprint density at radius 2 is 0.465 bits per heavy atom. The van der Waals surface area contributed by atoms with E-state index in [4.69, 9.17) is 14.2 Å². The highest BCUT2D eigenvalue weighted by molar-refractivity contribution is 5.71. The molecule has 0 aliphatic carbocycles. The first kappa shape index (κ1) is 69.4. The van der Waals surface area contributed by atoms with Crippen LogP contribution < -0.4 is 0 Å². The van der Waals surface area contributed by atoms with E-state index in [1.165, 1.54) is 270 Å². The lowest BCUT2D eigenvalue weighted by Crippen LogP contribution is -2.30. The molecule has 0 fully saturated rings. The minimum absolute atomic E-state index is 0.0610. The first-order chi connectivity index (χ1) is 34.9. The smallest absolute Gasteiger partial charge is 0.306 e. The number of hydrogen-bond acceptors (Lipinski definition) is 6. The van der Waals surface area contributed by atoms with Gasteiger partial charge in [-0.05, 0) is 25.2 Å². The SMILES string of the molecule is CCCCCCCCCCCCCCCCCCCCC(=O)OC[C@@H](COC(=O)CCCCCCCCCCCCCCCCCCC(C)C)OC(=O)CCCCCCCCCCCCCCCCCC. The van der Waals surface area contributed by atoms with Gasteiger partial charge in [-0.15, -0.1) is 0 Å². The standard InChI is InChI=1S/C65H126O6/c1-5-7-9-11-13-15-17-19-21-23-24-29-32-36-40-44-48-52-56-63(66)69-59-62(71-65(68)58-54-50-46-42-38-34-28-22-20-18-16-14-12-10-8-6-2)60-70-64(67)57-53-49-45-41-37-33-30-26-25-27-31-35-39-43-47-51-55-61(3)4/h61-62H,5-60H2,1-4H3/t62-/m0/s1. The van der Waals surface area contributed by atoms with Crippen LogP contribution >= 0.6 is 0 Å². The number of unbranched alkanes of at least 4 members (excludes halogenated alkanes) is 47. The van der Waals surface area contributed by atoms with Crippen LogP contribution in [0.15, 0.2) is 0 Å². The molecule has 0 aromatic rings. The zero-order chi connectivity index (χ0) is 51.6. The van der Waals surface area contributed by atoms with Crippen LogP contribution in [-0.2, 0) is 28.6 Å². The molecule has 6 heteroatoms. The molecule has 71 heavy (non-hydrogen) atoms. The Morgan fingerprint density at radius 1 is 0.268 bits per heavy atom. The molecule has 0 N–H and O–H groups in total. The van der Waals surface area contributed by atoms with Gasteiger partial charge in [0.25, 0.3) is 0 Å². The molecule has 0 unspecified atom stereocenters. The number of carbonyl (C=O) groups excluding carboxylic acids is 3. The number of carbonyl (C=O) groups is 3. The summed E-state index contributed by atoms with van der Waals surface area (Å²) in [5, 5.41) is 0. The third kappa shape index (κ3) is 59.2. The lowest BCUT2D eigenvalue weighted by Gasteiger charge is -2.18. The highest BCUT2D eigenvalue weighted by Crippen LogP contribution is 2.19. The van der Waals surface area contributed by atoms with Crippen LogP contribution in [0.25, 0.3) is 0 Å². The summed E-state index contributed by atoms with van der Waals surface area (Å²) in [6.07, 6.45) is 66.7. The van der Waals surface area contributed by atoms with Crippen LogP contribution in [0, 0.1) is 5.92 Å². The quantitative estimate of drug-likeness (QED) is 0.0343. The van der Waals surface area contributed by atoms with Gasteiger partial charge in [0.05, 0.1) is 0 Å². The fourth-order valence-corrected chi connectivity index (χ4v) is 10.2. The zero-order valence-electron chi connectivity index (χ0n) is 48.7. The normalized spacial score (nSPS) is 12.0. The molecule has 0 amide bonds. The van der Waals surface area contributed by atoms with Crippen LogP contribution in [0.4, 0.5) is 0 Å². The molecule has 0 aromatic heterocycles. The van der Waals surface area contributed by atoms with Crippen LogP contribution in [0.3, 0.4) is 0 Å². The van der Waals surface area contributed by atoms with Crippen LogP contribution in [0.1, 0.15) is 374 Å². The molecule has 1 atom stereocenters. The molecule has 0 bridgehead atoms. The van der Waals surface area contributed by atoms with Gasteiger partial charge in [-0.1, -0.05) is 336 Å². The van der Waals surface area contributed by atoms with E-state index < -0.39 is 6.10 Å². The summed E-state index contributed by atoms with van der Waals surface area (Å²) in [4.78, 5) is 38.3. The van der Waals surface area contributed by atoms with Crippen molar-refractivity contribution >= 4 is 17.9 Å².